The molecular weight excluding hydrogens is 448 g/mol. The van der Waals surface area contributed by atoms with Crippen molar-refractivity contribution in [3.63, 3.8) is 0 Å². The Hall–Kier alpha value is -3.52. The second-order valence-electron chi connectivity index (χ2n) is 8.63. The average Bonchev–Trinajstić information content (AvgIpc) is 3.11. The normalized spacial score (nSPS) is 17.2. The standard InChI is InChI=1S/C27H34N2O6/c1-6-7-16-35-19-10-8-18(9-11-19)25(30)23-24(21-13-12-20(33-4)17-22(21)34-5)29(15-14-28(2)3)27(32)26(23)31/h8-13,17,24,30H,6-7,14-16H2,1-5H3/b25-23+/t24-/m0/s1. The number of hydrogen-bond donors (Lipinski definition) is 1. The lowest BCUT2D eigenvalue weighted by molar-refractivity contribution is -0.140. The Balaban J connectivity index is 2.09. The first-order valence-electron chi connectivity index (χ1n) is 11.7. The number of carbonyl (C=O) groups excluding carboxylic acids is 2. The lowest BCUT2D eigenvalue weighted by Crippen LogP contribution is -2.35. The Labute approximate surface area is 206 Å². The number of methoxy groups -OCH3 is 2. The summed E-state index contributed by atoms with van der Waals surface area (Å²) in [6.07, 6.45) is 1.98. The van der Waals surface area contributed by atoms with Gasteiger partial charge in [-0.3, -0.25) is 9.59 Å². The number of aliphatic hydroxyl groups excluding tert-OH is 1. The van der Waals surface area contributed by atoms with E-state index in [-0.39, 0.29) is 11.3 Å². The molecule has 1 atom stereocenters. The van der Waals surface area contributed by atoms with E-state index in [2.05, 4.69) is 6.92 Å². The number of amides is 1. The molecule has 0 bridgehead atoms. The topological polar surface area (TPSA) is 88.5 Å². The smallest absolute Gasteiger partial charge is 0.295 e. The molecule has 188 valence electrons. The van der Waals surface area contributed by atoms with E-state index in [1.807, 2.05) is 19.0 Å². The fraction of sp³-hybridized carbons (Fsp3) is 0.407. The monoisotopic (exact) mass is 482 g/mol. The van der Waals surface area contributed by atoms with Crippen molar-refractivity contribution in [2.45, 2.75) is 25.8 Å². The summed E-state index contributed by atoms with van der Waals surface area (Å²) in [5.74, 6) is 0.0860. The number of ketones is 1. The van der Waals surface area contributed by atoms with Crippen molar-refractivity contribution in [3.05, 3.63) is 59.2 Å². The predicted molar refractivity (Wildman–Crippen MR) is 134 cm³/mol. The van der Waals surface area contributed by atoms with Crippen molar-refractivity contribution in [3.8, 4) is 17.2 Å². The molecule has 1 aliphatic heterocycles. The first-order valence-corrected chi connectivity index (χ1v) is 11.7. The van der Waals surface area contributed by atoms with Crippen LogP contribution in [0.2, 0.25) is 0 Å². The van der Waals surface area contributed by atoms with E-state index >= 15 is 0 Å². The maximum absolute atomic E-state index is 13.2. The summed E-state index contributed by atoms with van der Waals surface area (Å²) in [7, 11) is 6.85. The van der Waals surface area contributed by atoms with Gasteiger partial charge in [0.25, 0.3) is 11.7 Å². The number of nitrogens with zero attached hydrogens (tertiary/aromatic N) is 2. The van der Waals surface area contributed by atoms with Crippen molar-refractivity contribution in [2.24, 2.45) is 0 Å². The number of Topliss-reactive ketones (excluding diaryl/α,β-unsaturated/α-hetero) is 1. The van der Waals surface area contributed by atoms with Gasteiger partial charge in [0.1, 0.15) is 23.0 Å². The van der Waals surface area contributed by atoms with Gasteiger partial charge in [0, 0.05) is 30.3 Å². The van der Waals surface area contributed by atoms with Gasteiger partial charge in [-0.15, -0.1) is 0 Å². The zero-order valence-corrected chi connectivity index (χ0v) is 21.0. The molecule has 0 spiro atoms. The summed E-state index contributed by atoms with van der Waals surface area (Å²) in [6, 6.07) is 11.3. The lowest BCUT2D eigenvalue weighted by atomic mass is 9.94. The fourth-order valence-electron chi connectivity index (χ4n) is 3.98. The molecule has 1 heterocycles. The average molecular weight is 483 g/mol. The zero-order chi connectivity index (χ0) is 25.5. The molecule has 1 saturated heterocycles. The van der Waals surface area contributed by atoms with Crippen LogP contribution < -0.4 is 14.2 Å². The highest BCUT2D eigenvalue weighted by atomic mass is 16.5. The minimum Gasteiger partial charge on any atom is -0.507 e. The van der Waals surface area contributed by atoms with Gasteiger partial charge in [0.2, 0.25) is 0 Å². The van der Waals surface area contributed by atoms with Crippen molar-refractivity contribution in [1.29, 1.82) is 0 Å². The number of ether oxygens (including phenoxy) is 3. The number of aliphatic hydroxyl groups is 1. The summed E-state index contributed by atoms with van der Waals surface area (Å²) in [5.41, 5.74) is 1.04. The fourth-order valence-corrected chi connectivity index (χ4v) is 3.98. The SMILES string of the molecule is CCCCOc1ccc(/C(O)=C2\C(=O)C(=O)N(CCN(C)C)[C@H]2c2ccc(OC)cc2OC)cc1. The van der Waals surface area contributed by atoms with Crippen LogP contribution in [-0.2, 0) is 9.59 Å². The molecule has 1 N–H and O–H groups in total. The maximum Gasteiger partial charge on any atom is 0.295 e. The van der Waals surface area contributed by atoms with Crippen LogP contribution in [0.15, 0.2) is 48.0 Å². The van der Waals surface area contributed by atoms with E-state index < -0.39 is 17.7 Å². The number of unbranched alkanes of at least 4 members (excludes halogenated alkanes) is 1. The highest BCUT2D eigenvalue weighted by molar-refractivity contribution is 6.46. The van der Waals surface area contributed by atoms with Crippen LogP contribution in [0, 0.1) is 0 Å². The number of hydrogen-bond acceptors (Lipinski definition) is 7. The second kappa shape index (κ2) is 11.8. The van der Waals surface area contributed by atoms with Crippen LogP contribution in [0.5, 0.6) is 17.2 Å². The van der Waals surface area contributed by atoms with Crippen LogP contribution in [0.4, 0.5) is 0 Å². The molecule has 0 aromatic heterocycles. The van der Waals surface area contributed by atoms with Crippen molar-refractivity contribution in [2.75, 3.05) is 48.0 Å². The summed E-state index contributed by atoms with van der Waals surface area (Å²) in [5, 5.41) is 11.3. The molecule has 0 saturated carbocycles. The first-order chi connectivity index (χ1) is 16.8. The van der Waals surface area contributed by atoms with Gasteiger partial charge in [0.05, 0.1) is 32.4 Å². The van der Waals surface area contributed by atoms with E-state index in [0.717, 1.165) is 12.8 Å². The van der Waals surface area contributed by atoms with Gasteiger partial charge in [-0.05, 0) is 56.9 Å². The lowest BCUT2D eigenvalue weighted by Gasteiger charge is -2.27. The Bertz CT molecular complexity index is 1080. The van der Waals surface area contributed by atoms with Crippen molar-refractivity contribution in [1.82, 2.24) is 9.80 Å². The zero-order valence-electron chi connectivity index (χ0n) is 21.0. The third-order valence-corrected chi connectivity index (χ3v) is 5.96. The number of rotatable bonds is 11. The van der Waals surface area contributed by atoms with Gasteiger partial charge in [0.15, 0.2) is 0 Å². The molecule has 3 rings (SSSR count). The Kier molecular flexibility index (Phi) is 8.76. The van der Waals surface area contributed by atoms with E-state index in [4.69, 9.17) is 14.2 Å². The number of likely N-dealkylation sites (N-methyl/N-ethyl adjacent to an activating group) is 1. The third-order valence-electron chi connectivity index (χ3n) is 5.96. The maximum atomic E-state index is 13.2. The van der Waals surface area contributed by atoms with Gasteiger partial charge < -0.3 is 29.1 Å². The van der Waals surface area contributed by atoms with Gasteiger partial charge in [-0.1, -0.05) is 13.3 Å². The summed E-state index contributed by atoms with van der Waals surface area (Å²) in [4.78, 5) is 29.7. The molecule has 8 heteroatoms. The molecule has 2 aromatic carbocycles. The highest BCUT2D eigenvalue weighted by Crippen LogP contribution is 2.43. The Morgan fingerprint density at radius 3 is 2.31 bits per heavy atom. The van der Waals surface area contributed by atoms with E-state index in [0.29, 0.717) is 48.1 Å². The van der Waals surface area contributed by atoms with E-state index in [9.17, 15) is 14.7 Å². The van der Waals surface area contributed by atoms with Gasteiger partial charge in [-0.2, -0.15) is 0 Å². The molecule has 2 aromatic rings. The summed E-state index contributed by atoms with van der Waals surface area (Å²) in [6.45, 7) is 3.55. The van der Waals surface area contributed by atoms with Crippen LogP contribution >= 0.6 is 0 Å². The third kappa shape index (κ3) is 5.77. The van der Waals surface area contributed by atoms with Crippen LogP contribution in [0.1, 0.15) is 36.9 Å². The predicted octanol–water partition coefficient (Wildman–Crippen LogP) is 3.87. The molecule has 35 heavy (non-hydrogen) atoms. The van der Waals surface area contributed by atoms with Crippen LogP contribution in [0.3, 0.4) is 0 Å². The van der Waals surface area contributed by atoms with Crippen LogP contribution in [-0.4, -0.2) is 74.6 Å². The Morgan fingerprint density at radius 2 is 1.71 bits per heavy atom. The molecule has 1 fully saturated rings. The number of carbonyl (C=O) groups is 2. The molecule has 1 aliphatic rings. The highest BCUT2D eigenvalue weighted by Gasteiger charge is 2.47. The second-order valence-corrected chi connectivity index (χ2v) is 8.63. The largest absolute Gasteiger partial charge is 0.507 e. The van der Waals surface area contributed by atoms with Crippen molar-refractivity contribution >= 4 is 17.4 Å². The number of benzene rings is 2. The molecule has 1 amide bonds. The Morgan fingerprint density at radius 1 is 1.03 bits per heavy atom. The molecule has 0 unspecified atom stereocenters. The first kappa shape index (κ1) is 26.1. The van der Waals surface area contributed by atoms with E-state index in [1.165, 1.54) is 12.0 Å². The minimum atomic E-state index is -0.809. The molecular formula is C27H34N2O6. The van der Waals surface area contributed by atoms with E-state index in [1.54, 1.807) is 49.6 Å². The van der Waals surface area contributed by atoms with Crippen molar-refractivity contribution < 1.29 is 28.9 Å². The van der Waals surface area contributed by atoms with Gasteiger partial charge >= 0.3 is 0 Å². The number of likely N-dealkylation sites (tertiary alicyclic amines) is 1. The minimum absolute atomic E-state index is 0.0249. The molecule has 0 radical (unpaired) electrons. The molecule has 8 nitrogen and oxygen atoms in total. The van der Waals surface area contributed by atoms with Gasteiger partial charge in [-0.25, -0.2) is 0 Å². The molecule has 0 aliphatic carbocycles. The summed E-state index contributed by atoms with van der Waals surface area (Å²) < 4.78 is 16.6. The van der Waals surface area contributed by atoms with Crippen LogP contribution in [0.25, 0.3) is 5.76 Å². The quantitative estimate of drug-likeness (QED) is 0.225. The summed E-state index contributed by atoms with van der Waals surface area (Å²) >= 11 is 0.